The molecule has 4 nitrogen and oxygen atoms in total. The summed E-state index contributed by atoms with van der Waals surface area (Å²) in [5.41, 5.74) is 1.95. The highest BCUT2D eigenvalue weighted by atomic mass is 16.5. The van der Waals surface area contributed by atoms with Gasteiger partial charge in [-0.2, -0.15) is 0 Å². The second kappa shape index (κ2) is 7.98. The number of nitrogens with zero attached hydrogens (tertiary/aromatic N) is 1. The normalized spacial score (nSPS) is 12.1. The van der Waals surface area contributed by atoms with Crippen molar-refractivity contribution in [3.8, 4) is 5.75 Å². The van der Waals surface area contributed by atoms with Crippen LogP contribution in [0.4, 0.5) is 0 Å². The lowest BCUT2D eigenvalue weighted by molar-refractivity contribution is -0.142. The van der Waals surface area contributed by atoms with Gasteiger partial charge in [-0.3, -0.25) is 4.99 Å². The Kier molecular flexibility index (Phi) is 5.72. The van der Waals surface area contributed by atoms with E-state index in [0.717, 1.165) is 16.9 Å². The summed E-state index contributed by atoms with van der Waals surface area (Å²) in [6.07, 6.45) is 2.20. The SMILES string of the molecule is COC(=O)C(Cc1ccccc1)N=Cc1ccc(OC)cc1. The number of aliphatic imine (C=N–C) groups is 1. The smallest absolute Gasteiger partial charge is 0.330 e. The van der Waals surface area contributed by atoms with Crippen molar-refractivity contribution in [1.82, 2.24) is 0 Å². The fourth-order valence-electron chi connectivity index (χ4n) is 2.04. The van der Waals surface area contributed by atoms with Gasteiger partial charge in [0.25, 0.3) is 0 Å². The molecule has 0 radical (unpaired) electrons. The number of carbonyl (C=O) groups is 1. The highest BCUT2D eigenvalue weighted by Crippen LogP contribution is 2.11. The fraction of sp³-hybridized carbons (Fsp3) is 0.222. The third-order valence-electron chi connectivity index (χ3n) is 3.26. The highest BCUT2D eigenvalue weighted by molar-refractivity contribution is 5.84. The molecule has 4 heteroatoms. The van der Waals surface area contributed by atoms with Gasteiger partial charge in [0.05, 0.1) is 14.2 Å². The molecule has 2 aromatic carbocycles. The van der Waals surface area contributed by atoms with Crippen molar-refractivity contribution in [2.24, 2.45) is 4.99 Å². The fourth-order valence-corrected chi connectivity index (χ4v) is 2.04. The minimum atomic E-state index is -0.547. The number of hydrogen-bond acceptors (Lipinski definition) is 4. The molecule has 0 saturated heterocycles. The summed E-state index contributed by atoms with van der Waals surface area (Å²) < 4.78 is 9.95. The average molecular weight is 297 g/mol. The van der Waals surface area contributed by atoms with Crippen molar-refractivity contribution < 1.29 is 14.3 Å². The van der Waals surface area contributed by atoms with Crippen LogP contribution in [-0.2, 0) is 16.0 Å². The number of hydrogen-bond donors (Lipinski definition) is 0. The van der Waals surface area contributed by atoms with Crippen LogP contribution < -0.4 is 4.74 Å². The first-order chi connectivity index (χ1) is 10.7. The molecule has 114 valence electrons. The van der Waals surface area contributed by atoms with Crippen LogP contribution >= 0.6 is 0 Å². The van der Waals surface area contributed by atoms with E-state index in [2.05, 4.69) is 4.99 Å². The van der Waals surface area contributed by atoms with Crippen LogP contribution in [-0.4, -0.2) is 32.4 Å². The quantitative estimate of drug-likeness (QED) is 0.608. The van der Waals surface area contributed by atoms with E-state index in [4.69, 9.17) is 9.47 Å². The van der Waals surface area contributed by atoms with Crippen LogP contribution in [0.1, 0.15) is 11.1 Å². The van der Waals surface area contributed by atoms with Crippen molar-refractivity contribution in [3.05, 3.63) is 65.7 Å². The Labute approximate surface area is 130 Å². The number of benzene rings is 2. The second-order valence-electron chi connectivity index (χ2n) is 4.78. The van der Waals surface area contributed by atoms with Gasteiger partial charge >= 0.3 is 5.97 Å². The van der Waals surface area contributed by atoms with Crippen molar-refractivity contribution in [2.45, 2.75) is 12.5 Å². The Hall–Kier alpha value is -2.62. The zero-order valence-electron chi connectivity index (χ0n) is 12.7. The molecule has 0 fully saturated rings. The van der Waals surface area contributed by atoms with Crippen molar-refractivity contribution in [2.75, 3.05) is 14.2 Å². The van der Waals surface area contributed by atoms with Crippen molar-refractivity contribution in [3.63, 3.8) is 0 Å². The summed E-state index contributed by atoms with van der Waals surface area (Å²) in [5.74, 6) is 0.444. The molecular weight excluding hydrogens is 278 g/mol. The van der Waals surface area contributed by atoms with E-state index in [0.29, 0.717) is 6.42 Å². The molecule has 0 spiro atoms. The van der Waals surface area contributed by atoms with Gasteiger partial charge in [0.15, 0.2) is 6.04 Å². The third kappa shape index (κ3) is 4.45. The molecule has 1 unspecified atom stereocenters. The molecule has 0 aliphatic carbocycles. The van der Waals surface area contributed by atoms with Gasteiger partial charge in [0.2, 0.25) is 0 Å². The van der Waals surface area contributed by atoms with E-state index in [1.54, 1.807) is 13.3 Å². The first kappa shape index (κ1) is 15.8. The minimum absolute atomic E-state index is 0.339. The number of esters is 1. The van der Waals surface area contributed by atoms with E-state index in [1.807, 2.05) is 54.6 Å². The van der Waals surface area contributed by atoms with Crippen LogP contribution in [0, 0.1) is 0 Å². The summed E-state index contributed by atoms with van der Waals surface area (Å²) in [6.45, 7) is 0. The average Bonchev–Trinajstić information content (AvgIpc) is 2.59. The van der Waals surface area contributed by atoms with Gasteiger partial charge in [-0.05, 0) is 35.4 Å². The number of rotatable bonds is 6. The molecule has 0 amide bonds. The Morgan fingerprint density at radius 2 is 1.77 bits per heavy atom. The van der Waals surface area contributed by atoms with Crippen LogP contribution in [0.3, 0.4) is 0 Å². The molecule has 0 bridgehead atoms. The highest BCUT2D eigenvalue weighted by Gasteiger charge is 2.17. The first-order valence-corrected chi connectivity index (χ1v) is 7.02. The van der Waals surface area contributed by atoms with Gasteiger partial charge in [-0.1, -0.05) is 30.3 Å². The lowest BCUT2D eigenvalue weighted by Crippen LogP contribution is -2.23. The Morgan fingerprint density at radius 1 is 1.09 bits per heavy atom. The monoisotopic (exact) mass is 297 g/mol. The molecule has 0 aliphatic rings. The standard InChI is InChI=1S/C18H19NO3/c1-21-16-10-8-15(9-11-16)13-19-17(18(20)22-2)12-14-6-4-3-5-7-14/h3-11,13,17H,12H2,1-2H3. The minimum Gasteiger partial charge on any atom is -0.497 e. The van der Waals surface area contributed by atoms with E-state index in [-0.39, 0.29) is 5.97 Å². The van der Waals surface area contributed by atoms with Crippen molar-refractivity contribution >= 4 is 12.2 Å². The van der Waals surface area contributed by atoms with E-state index in [1.165, 1.54) is 7.11 Å². The molecule has 0 aromatic heterocycles. The summed E-state index contributed by atoms with van der Waals surface area (Å²) in [5, 5.41) is 0. The van der Waals surface area contributed by atoms with E-state index >= 15 is 0 Å². The van der Waals surface area contributed by atoms with E-state index in [9.17, 15) is 4.79 Å². The molecule has 0 aliphatic heterocycles. The molecule has 0 saturated carbocycles. The second-order valence-corrected chi connectivity index (χ2v) is 4.78. The van der Waals surface area contributed by atoms with Crippen LogP contribution in [0.25, 0.3) is 0 Å². The maximum absolute atomic E-state index is 11.9. The van der Waals surface area contributed by atoms with Gasteiger partial charge < -0.3 is 9.47 Å². The molecule has 0 heterocycles. The number of ether oxygens (including phenoxy) is 2. The molecule has 1 atom stereocenters. The van der Waals surface area contributed by atoms with Gasteiger partial charge in [-0.25, -0.2) is 4.79 Å². The predicted octanol–water partition coefficient (Wildman–Crippen LogP) is 2.90. The summed E-state index contributed by atoms with van der Waals surface area (Å²) in [6, 6.07) is 16.7. The summed E-state index contributed by atoms with van der Waals surface area (Å²) in [7, 11) is 3.00. The number of methoxy groups -OCH3 is 2. The largest absolute Gasteiger partial charge is 0.497 e. The van der Waals surface area contributed by atoms with Crippen LogP contribution in [0.5, 0.6) is 5.75 Å². The zero-order valence-corrected chi connectivity index (χ0v) is 12.7. The number of carbonyl (C=O) groups excluding carboxylic acids is 1. The molecule has 22 heavy (non-hydrogen) atoms. The Bertz CT molecular complexity index is 621. The summed E-state index contributed by atoms with van der Waals surface area (Å²) in [4.78, 5) is 16.3. The Morgan fingerprint density at radius 3 is 2.36 bits per heavy atom. The Balaban J connectivity index is 2.11. The van der Waals surface area contributed by atoms with Gasteiger partial charge in [0, 0.05) is 12.6 Å². The van der Waals surface area contributed by atoms with Crippen LogP contribution in [0.15, 0.2) is 59.6 Å². The maximum Gasteiger partial charge on any atom is 0.330 e. The lowest BCUT2D eigenvalue weighted by atomic mass is 10.1. The topological polar surface area (TPSA) is 47.9 Å². The van der Waals surface area contributed by atoms with E-state index < -0.39 is 6.04 Å². The maximum atomic E-state index is 11.9. The van der Waals surface area contributed by atoms with Gasteiger partial charge in [0.1, 0.15) is 5.75 Å². The zero-order chi connectivity index (χ0) is 15.8. The van der Waals surface area contributed by atoms with Gasteiger partial charge in [-0.15, -0.1) is 0 Å². The van der Waals surface area contributed by atoms with Crippen LogP contribution in [0.2, 0.25) is 0 Å². The predicted molar refractivity (Wildman–Crippen MR) is 86.5 cm³/mol. The third-order valence-corrected chi connectivity index (χ3v) is 3.26. The molecular formula is C18H19NO3. The molecule has 0 N–H and O–H groups in total. The first-order valence-electron chi connectivity index (χ1n) is 7.02. The molecule has 2 aromatic rings. The summed E-state index contributed by atoms with van der Waals surface area (Å²) >= 11 is 0. The lowest BCUT2D eigenvalue weighted by Gasteiger charge is -2.10. The van der Waals surface area contributed by atoms with Crippen molar-refractivity contribution in [1.29, 1.82) is 0 Å². The molecule has 2 rings (SSSR count).